The normalized spacial score (nSPS) is 11.0. The molecule has 1 aromatic heterocycles. The number of hydrogen-bond acceptors (Lipinski definition) is 4. The molecule has 26 heavy (non-hydrogen) atoms. The van der Waals surface area contributed by atoms with E-state index in [0.29, 0.717) is 33.4 Å². The van der Waals surface area contributed by atoms with Crippen molar-refractivity contribution < 1.29 is 5.11 Å². The lowest BCUT2D eigenvalue weighted by Crippen LogP contribution is -2.25. The fraction of sp³-hybridized carbons (Fsp3) is 0.316. The molecule has 7 heteroatoms. The topological polar surface area (TPSA) is 78.4 Å². The number of hydrogen-bond donors (Lipinski definition) is 1. The Morgan fingerprint density at radius 2 is 2.08 bits per heavy atom. The maximum atomic E-state index is 12.5. The highest BCUT2D eigenvalue weighted by Crippen LogP contribution is 2.32. The van der Waals surface area contributed by atoms with Gasteiger partial charge in [-0.1, -0.05) is 49.0 Å². The number of aromatic hydroxyl groups is 1. The van der Waals surface area contributed by atoms with Crippen LogP contribution in [0.25, 0.3) is 0 Å². The van der Waals surface area contributed by atoms with E-state index in [-0.39, 0.29) is 11.4 Å². The van der Waals surface area contributed by atoms with E-state index in [2.05, 4.69) is 4.99 Å². The Labute approximate surface area is 162 Å². The Bertz CT molecular complexity index is 943. The van der Waals surface area contributed by atoms with Crippen molar-refractivity contribution in [3.63, 3.8) is 0 Å². The molecule has 5 nitrogen and oxygen atoms in total. The summed E-state index contributed by atoms with van der Waals surface area (Å²) in [6.45, 7) is 3.99. The number of aliphatic imine (C=N–C) groups is 1. The lowest BCUT2D eigenvalue weighted by atomic mass is 10.1. The van der Waals surface area contributed by atoms with Crippen molar-refractivity contribution in [1.29, 1.82) is 5.26 Å². The number of pyridine rings is 1. The molecule has 0 spiro atoms. The number of aromatic nitrogens is 1. The van der Waals surface area contributed by atoms with Gasteiger partial charge in [0.25, 0.3) is 5.56 Å². The van der Waals surface area contributed by atoms with Crippen LogP contribution in [0, 0.1) is 18.3 Å². The summed E-state index contributed by atoms with van der Waals surface area (Å²) >= 11 is 12.1. The molecule has 136 valence electrons. The predicted octanol–water partition coefficient (Wildman–Crippen LogP) is 4.98. The van der Waals surface area contributed by atoms with Gasteiger partial charge in [0.15, 0.2) is 0 Å². The summed E-state index contributed by atoms with van der Waals surface area (Å²) in [6.07, 6.45) is 4.03. The molecule has 0 aliphatic rings. The average Bonchev–Trinajstić information content (AvgIpc) is 2.61. The number of nitriles is 1. The van der Waals surface area contributed by atoms with Gasteiger partial charge in [0.1, 0.15) is 11.6 Å². The van der Waals surface area contributed by atoms with Crippen LogP contribution in [0.2, 0.25) is 10.0 Å². The summed E-state index contributed by atoms with van der Waals surface area (Å²) in [4.78, 5) is 16.7. The largest absolute Gasteiger partial charge is 0.494 e. The molecule has 1 aromatic carbocycles. The van der Waals surface area contributed by atoms with Crippen LogP contribution in [-0.2, 0) is 6.54 Å². The van der Waals surface area contributed by atoms with Crippen LogP contribution in [0.3, 0.4) is 0 Å². The second kappa shape index (κ2) is 8.88. The first-order chi connectivity index (χ1) is 12.4. The minimum Gasteiger partial charge on any atom is -0.494 e. The first-order valence-electron chi connectivity index (χ1n) is 8.26. The van der Waals surface area contributed by atoms with Crippen molar-refractivity contribution in [1.82, 2.24) is 4.57 Å². The summed E-state index contributed by atoms with van der Waals surface area (Å²) < 4.78 is 1.22. The highest BCUT2D eigenvalue weighted by molar-refractivity contribution is 6.43. The maximum absolute atomic E-state index is 12.5. The Morgan fingerprint density at radius 3 is 2.73 bits per heavy atom. The molecule has 0 fully saturated rings. The molecule has 2 rings (SSSR count). The molecule has 0 unspecified atom stereocenters. The first-order valence-corrected chi connectivity index (χ1v) is 9.02. The SMILES string of the molecule is CCCCCn1c(O)c(C=Nc2cccc(Cl)c2Cl)c(C)c(C#N)c1=O. The summed E-state index contributed by atoms with van der Waals surface area (Å²) in [5.74, 6) is -0.204. The molecule has 0 saturated carbocycles. The van der Waals surface area contributed by atoms with Crippen molar-refractivity contribution in [2.75, 3.05) is 0 Å². The van der Waals surface area contributed by atoms with Crippen LogP contribution in [-0.4, -0.2) is 15.9 Å². The average molecular weight is 392 g/mol. The number of nitrogens with zero attached hydrogens (tertiary/aromatic N) is 3. The van der Waals surface area contributed by atoms with Gasteiger partial charge in [-0.25, -0.2) is 0 Å². The van der Waals surface area contributed by atoms with Crippen LogP contribution in [0.5, 0.6) is 5.88 Å². The van der Waals surface area contributed by atoms with Gasteiger partial charge in [0.05, 0.1) is 21.3 Å². The fourth-order valence-electron chi connectivity index (χ4n) is 2.58. The predicted molar refractivity (Wildman–Crippen MR) is 105 cm³/mol. The highest BCUT2D eigenvalue weighted by atomic mass is 35.5. The molecule has 2 aromatic rings. The number of unbranched alkanes of at least 4 members (excludes halogenated alkanes) is 2. The molecule has 0 aliphatic carbocycles. The molecular formula is C19H19Cl2N3O2. The molecule has 0 saturated heterocycles. The molecule has 0 aliphatic heterocycles. The standard InChI is InChI=1S/C19H19Cl2N3O2/c1-3-4-5-9-24-18(25)13(10-22)12(2)14(19(24)26)11-23-16-8-6-7-15(20)17(16)21/h6-8,11,26H,3-5,9H2,1-2H3. The lowest BCUT2D eigenvalue weighted by molar-refractivity contribution is 0.398. The number of halogens is 2. The van der Waals surface area contributed by atoms with E-state index in [1.807, 2.05) is 13.0 Å². The van der Waals surface area contributed by atoms with E-state index in [1.165, 1.54) is 10.8 Å². The number of benzene rings is 1. The van der Waals surface area contributed by atoms with Crippen LogP contribution >= 0.6 is 23.2 Å². The summed E-state index contributed by atoms with van der Waals surface area (Å²) in [6, 6.07) is 6.96. The lowest BCUT2D eigenvalue weighted by Gasteiger charge is -2.13. The van der Waals surface area contributed by atoms with Crippen LogP contribution in [0.4, 0.5) is 5.69 Å². The summed E-state index contributed by atoms with van der Waals surface area (Å²) in [7, 11) is 0. The zero-order valence-electron chi connectivity index (χ0n) is 14.6. The van der Waals surface area contributed by atoms with E-state index in [0.717, 1.165) is 19.3 Å². The third-order valence-electron chi connectivity index (χ3n) is 4.10. The monoisotopic (exact) mass is 391 g/mol. The van der Waals surface area contributed by atoms with E-state index in [1.54, 1.807) is 25.1 Å². The molecule has 0 amide bonds. The third kappa shape index (κ3) is 4.09. The van der Waals surface area contributed by atoms with Crippen molar-refractivity contribution in [3.05, 3.63) is 55.3 Å². The van der Waals surface area contributed by atoms with E-state index in [9.17, 15) is 15.2 Å². The summed E-state index contributed by atoms with van der Waals surface area (Å²) in [5.41, 5.74) is 0.632. The van der Waals surface area contributed by atoms with Gasteiger partial charge in [-0.05, 0) is 31.0 Å². The molecule has 0 radical (unpaired) electrons. The van der Waals surface area contributed by atoms with Crippen molar-refractivity contribution >= 4 is 35.1 Å². The highest BCUT2D eigenvalue weighted by Gasteiger charge is 2.17. The second-order valence-electron chi connectivity index (χ2n) is 5.84. The Balaban J connectivity index is 2.55. The Morgan fingerprint density at radius 1 is 1.35 bits per heavy atom. The van der Waals surface area contributed by atoms with Gasteiger partial charge < -0.3 is 5.11 Å². The van der Waals surface area contributed by atoms with Gasteiger partial charge >= 0.3 is 0 Å². The van der Waals surface area contributed by atoms with E-state index in [4.69, 9.17) is 23.2 Å². The smallest absolute Gasteiger partial charge is 0.271 e. The molecule has 0 atom stereocenters. The minimum atomic E-state index is -0.489. The van der Waals surface area contributed by atoms with Gasteiger partial charge in [-0.15, -0.1) is 0 Å². The van der Waals surface area contributed by atoms with Crippen molar-refractivity contribution in [2.45, 2.75) is 39.7 Å². The van der Waals surface area contributed by atoms with Gasteiger partial charge in [0, 0.05) is 12.8 Å². The van der Waals surface area contributed by atoms with Gasteiger partial charge in [0.2, 0.25) is 5.88 Å². The van der Waals surface area contributed by atoms with Gasteiger partial charge in [-0.2, -0.15) is 5.26 Å². The fourth-order valence-corrected chi connectivity index (χ4v) is 2.92. The second-order valence-corrected chi connectivity index (χ2v) is 6.63. The first kappa shape index (κ1) is 20.0. The zero-order chi connectivity index (χ0) is 19.3. The summed E-state index contributed by atoms with van der Waals surface area (Å²) in [5, 5.41) is 20.6. The molecule has 1 N–H and O–H groups in total. The van der Waals surface area contributed by atoms with Crippen LogP contribution in [0.15, 0.2) is 28.0 Å². The zero-order valence-corrected chi connectivity index (χ0v) is 16.1. The van der Waals surface area contributed by atoms with Crippen molar-refractivity contribution in [3.8, 4) is 11.9 Å². The number of rotatable bonds is 6. The van der Waals surface area contributed by atoms with Crippen LogP contribution in [0.1, 0.15) is 42.9 Å². The van der Waals surface area contributed by atoms with E-state index >= 15 is 0 Å². The Hall–Kier alpha value is -2.29. The third-order valence-corrected chi connectivity index (χ3v) is 4.90. The molecular weight excluding hydrogens is 373 g/mol. The van der Waals surface area contributed by atoms with Crippen LogP contribution < -0.4 is 5.56 Å². The minimum absolute atomic E-state index is 0.00191. The maximum Gasteiger partial charge on any atom is 0.271 e. The van der Waals surface area contributed by atoms with Gasteiger partial charge in [-0.3, -0.25) is 14.4 Å². The van der Waals surface area contributed by atoms with Crippen molar-refractivity contribution in [2.24, 2.45) is 4.99 Å². The quantitative estimate of drug-likeness (QED) is 0.556. The Kier molecular flexibility index (Phi) is 6.84. The molecule has 1 heterocycles. The van der Waals surface area contributed by atoms with E-state index < -0.39 is 5.56 Å². The molecule has 0 bridgehead atoms.